The van der Waals surface area contributed by atoms with Crippen molar-refractivity contribution in [3.63, 3.8) is 0 Å². The van der Waals surface area contributed by atoms with Crippen molar-refractivity contribution in [3.05, 3.63) is 24.0 Å². The summed E-state index contributed by atoms with van der Waals surface area (Å²) in [4.78, 5) is 6.65. The number of methoxy groups -OCH3 is 1. The average Bonchev–Trinajstić information content (AvgIpc) is 2.38. The zero-order valence-corrected chi connectivity index (χ0v) is 9.78. The molecule has 1 fully saturated rings. The normalized spacial score (nSPS) is 17.3. The standard InChI is InChI=1S/C12H19N3O/c1-16-12-8-11(9-14-10-12)2-5-15-6-3-13-4-7-15/h8-10,13H,2-7H2,1H3. The molecule has 1 aromatic rings. The van der Waals surface area contributed by atoms with Gasteiger partial charge >= 0.3 is 0 Å². The van der Waals surface area contributed by atoms with Gasteiger partial charge in [0.15, 0.2) is 0 Å². The van der Waals surface area contributed by atoms with Crippen molar-refractivity contribution in [1.29, 1.82) is 0 Å². The summed E-state index contributed by atoms with van der Waals surface area (Å²) in [5.74, 6) is 0.845. The molecule has 1 aliphatic rings. The monoisotopic (exact) mass is 221 g/mol. The Hall–Kier alpha value is -1.13. The van der Waals surface area contributed by atoms with E-state index < -0.39 is 0 Å². The number of rotatable bonds is 4. The van der Waals surface area contributed by atoms with Gasteiger partial charge in [0.1, 0.15) is 5.75 Å². The van der Waals surface area contributed by atoms with Gasteiger partial charge in [-0.1, -0.05) is 0 Å². The van der Waals surface area contributed by atoms with Gasteiger partial charge in [0.25, 0.3) is 0 Å². The third-order valence-electron chi connectivity index (χ3n) is 2.93. The van der Waals surface area contributed by atoms with Crippen molar-refractivity contribution in [2.75, 3.05) is 39.8 Å². The summed E-state index contributed by atoms with van der Waals surface area (Å²) in [6, 6.07) is 2.06. The highest BCUT2D eigenvalue weighted by Crippen LogP contribution is 2.11. The van der Waals surface area contributed by atoms with E-state index in [1.165, 1.54) is 5.56 Å². The van der Waals surface area contributed by atoms with E-state index in [9.17, 15) is 0 Å². The fourth-order valence-electron chi connectivity index (χ4n) is 1.93. The third-order valence-corrected chi connectivity index (χ3v) is 2.93. The van der Waals surface area contributed by atoms with Crippen molar-refractivity contribution >= 4 is 0 Å². The van der Waals surface area contributed by atoms with Gasteiger partial charge in [-0.15, -0.1) is 0 Å². The van der Waals surface area contributed by atoms with E-state index in [1.807, 2.05) is 6.20 Å². The number of piperazine rings is 1. The highest BCUT2D eigenvalue weighted by atomic mass is 16.5. The number of pyridine rings is 1. The zero-order valence-electron chi connectivity index (χ0n) is 9.78. The lowest BCUT2D eigenvalue weighted by Gasteiger charge is -2.27. The Morgan fingerprint density at radius 3 is 2.94 bits per heavy atom. The van der Waals surface area contributed by atoms with Crippen molar-refractivity contribution in [2.45, 2.75) is 6.42 Å². The fraction of sp³-hybridized carbons (Fsp3) is 0.583. The van der Waals surface area contributed by atoms with Crippen LogP contribution in [0.4, 0.5) is 0 Å². The van der Waals surface area contributed by atoms with Gasteiger partial charge in [0.2, 0.25) is 0 Å². The molecule has 0 aromatic carbocycles. The molecule has 1 aromatic heterocycles. The minimum atomic E-state index is 0.845. The first-order chi connectivity index (χ1) is 7.88. The van der Waals surface area contributed by atoms with E-state index in [0.717, 1.165) is 44.9 Å². The van der Waals surface area contributed by atoms with Gasteiger partial charge in [0.05, 0.1) is 13.3 Å². The molecule has 0 amide bonds. The van der Waals surface area contributed by atoms with Crippen LogP contribution in [-0.2, 0) is 6.42 Å². The molecule has 1 saturated heterocycles. The van der Waals surface area contributed by atoms with Crippen molar-refractivity contribution in [3.8, 4) is 5.75 Å². The van der Waals surface area contributed by atoms with E-state index in [1.54, 1.807) is 13.3 Å². The molecule has 0 aliphatic carbocycles. The Morgan fingerprint density at radius 1 is 1.38 bits per heavy atom. The van der Waals surface area contributed by atoms with Gasteiger partial charge in [0, 0.05) is 38.9 Å². The first kappa shape index (κ1) is 11.4. The van der Waals surface area contributed by atoms with Gasteiger partial charge < -0.3 is 15.0 Å². The maximum Gasteiger partial charge on any atom is 0.137 e. The van der Waals surface area contributed by atoms with Crippen LogP contribution in [0.3, 0.4) is 0 Å². The van der Waals surface area contributed by atoms with Crippen molar-refractivity contribution < 1.29 is 4.74 Å². The lowest BCUT2D eigenvalue weighted by molar-refractivity contribution is 0.244. The quantitative estimate of drug-likeness (QED) is 0.805. The highest BCUT2D eigenvalue weighted by molar-refractivity contribution is 5.23. The van der Waals surface area contributed by atoms with Crippen LogP contribution < -0.4 is 10.1 Å². The van der Waals surface area contributed by atoms with Gasteiger partial charge in [-0.2, -0.15) is 0 Å². The number of nitrogens with zero attached hydrogens (tertiary/aromatic N) is 2. The van der Waals surface area contributed by atoms with E-state index >= 15 is 0 Å². The SMILES string of the molecule is COc1cncc(CCN2CCNCC2)c1. The first-order valence-corrected chi connectivity index (χ1v) is 5.79. The summed E-state index contributed by atoms with van der Waals surface area (Å²) in [5, 5.41) is 3.36. The summed E-state index contributed by atoms with van der Waals surface area (Å²) >= 11 is 0. The molecule has 4 heteroatoms. The van der Waals surface area contributed by atoms with Gasteiger partial charge in [-0.3, -0.25) is 4.98 Å². The number of hydrogen-bond acceptors (Lipinski definition) is 4. The Bertz CT molecular complexity index is 324. The summed E-state index contributed by atoms with van der Waals surface area (Å²) < 4.78 is 5.16. The Morgan fingerprint density at radius 2 is 2.19 bits per heavy atom. The maximum atomic E-state index is 5.16. The van der Waals surface area contributed by atoms with E-state index in [2.05, 4.69) is 21.3 Å². The smallest absolute Gasteiger partial charge is 0.137 e. The first-order valence-electron chi connectivity index (χ1n) is 5.79. The second kappa shape index (κ2) is 5.82. The summed E-state index contributed by atoms with van der Waals surface area (Å²) in [7, 11) is 1.68. The average molecular weight is 221 g/mol. The van der Waals surface area contributed by atoms with Gasteiger partial charge in [-0.25, -0.2) is 0 Å². The summed E-state index contributed by atoms with van der Waals surface area (Å²) in [6.45, 7) is 5.62. The largest absolute Gasteiger partial charge is 0.495 e. The van der Waals surface area contributed by atoms with E-state index in [-0.39, 0.29) is 0 Å². The predicted octanol–water partition coefficient (Wildman–Crippen LogP) is 0.538. The molecule has 4 nitrogen and oxygen atoms in total. The van der Waals surface area contributed by atoms with Crippen LogP contribution in [0.1, 0.15) is 5.56 Å². The fourth-order valence-corrected chi connectivity index (χ4v) is 1.93. The second-order valence-corrected chi connectivity index (χ2v) is 4.07. The summed E-state index contributed by atoms with van der Waals surface area (Å²) in [5.41, 5.74) is 1.25. The molecular weight excluding hydrogens is 202 g/mol. The molecule has 0 atom stereocenters. The molecule has 88 valence electrons. The minimum absolute atomic E-state index is 0.845. The predicted molar refractivity (Wildman–Crippen MR) is 63.8 cm³/mol. The summed E-state index contributed by atoms with van der Waals surface area (Å²) in [6.07, 6.45) is 4.71. The molecule has 16 heavy (non-hydrogen) atoms. The van der Waals surface area contributed by atoms with Crippen molar-refractivity contribution in [1.82, 2.24) is 15.2 Å². The third kappa shape index (κ3) is 3.18. The molecule has 1 N–H and O–H groups in total. The molecule has 0 bridgehead atoms. The molecule has 1 aliphatic heterocycles. The molecule has 2 heterocycles. The number of nitrogens with one attached hydrogen (secondary N) is 1. The van der Waals surface area contributed by atoms with Crippen molar-refractivity contribution in [2.24, 2.45) is 0 Å². The number of hydrogen-bond donors (Lipinski definition) is 1. The lowest BCUT2D eigenvalue weighted by Crippen LogP contribution is -2.44. The number of aromatic nitrogens is 1. The highest BCUT2D eigenvalue weighted by Gasteiger charge is 2.09. The molecular formula is C12H19N3O. The van der Waals surface area contributed by atoms with Crippen LogP contribution in [0.2, 0.25) is 0 Å². The molecule has 0 radical (unpaired) electrons. The van der Waals surface area contributed by atoms with E-state index in [0.29, 0.717) is 0 Å². The Kier molecular flexibility index (Phi) is 4.13. The van der Waals surface area contributed by atoms with Crippen LogP contribution in [0, 0.1) is 0 Å². The lowest BCUT2D eigenvalue weighted by atomic mass is 10.2. The topological polar surface area (TPSA) is 37.4 Å². The Balaban J connectivity index is 1.83. The van der Waals surface area contributed by atoms with Crippen LogP contribution in [0.5, 0.6) is 5.75 Å². The van der Waals surface area contributed by atoms with Crippen LogP contribution >= 0.6 is 0 Å². The molecule has 0 unspecified atom stereocenters. The minimum Gasteiger partial charge on any atom is -0.495 e. The number of ether oxygens (including phenoxy) is 1. The van der Waals surface area contributed by atoms with Gasteiger partial charge in [-0.05, 0) is 18.1 Å². The maximum absolute atomic E-state index is 5.16. The molecule has 0 spiro atoms. The molecule has 0 saturated carbocycles. The van der Waals surface area contributed by atoms with Crippen LogP contribution in [0.15, 0.2) is 18.5 Å². The van der Waals surface area contributed by atoms with E-state index in [4.69, 9.17) is 4.74 Å². The van der Waals surface area contributed by atoms with Crippen LogP contribution in [-0.4, -0.2) is 49.7 Å². The zero-order chi connectivity index (χ0) is 11.2. The van der Waals surface area contributed by atoms with Crippen LogP contribution in [0.25, 0.3) is 0 Å². The Labute approximate surface area is 96.6 Å². The second-order valence-electron chi connectivity index (χ2n) is 4.07. The molecule has 2 rings (SSSR count).